The summed E-state index contributed by atoms with van der Waals surface area (Å²) in [6, 6.07) is 3.30. The molecular formula is C18H21NaO14. The molecule has 1 aromatic rings. The fourth-order valence-electron chi connectivity index (χ4n) is 1.71. The molecule has 3 unspecified atom stereocenters. The third kappa shape index (κ3) is 10.4. The number of hydrogen-bond donors (Lipinski definition) is 6. The van der Waals surface area contributed by atoms with Crippen LogP contribution in [0.15, 0.2) is 24.3 Å². The van der Waals surface area contributed by atoms with Crippen molar-refractivity contribution in [3.63, 3.8) is 0 Å². The van der Waals surface area contributed by atoms with Crippen LogP contribution >= 0.6 is 0 Å². The van der Waals surface area contributed by atoms with Crippen molar-refractivity contribution in [1.29, 1.82) is 0 Å². The normalized spacial score (nSPS) is 13.3. The average molecular weight is 484 g/mol. The summed E-state index contributed by atoms with van der Waals surface area (Å²) < 4.78 is 9.67. The van der Waals surface area contributed by atoms with Gasteiger partial charge in [-0.25, -0.2) is 29.0 Å². The molecule has 33 heavy (non-hydrogen) atoms. The molecule has 0 radical (unpaired) electrons. The molecule has 0 saturated carbocycles. The van der Waals surface area contributed by atoms with Crippen molar-refractivity contribution in [2.45, 2.75) is 18.3 Å². The fraction of sp³-hybridized carbons (Fsp3) is 0.333. The van der Waals surface area contributed by atoms with Gasteiger partial charge in [0.05, 0.1) is 19.8 Å². The van der Waals surface area contributed by atoms with Crippen molar-refractivity contribution in [2.75, 3.05) is 19.8 Å². The van der Waals surface area contributed by atoms with Crippen LogP contribution in [0.1, 0.15) is 6.99 Å². The number of aliphatic hydroxyl groups is 6. The predicted octanol–water partition coefficient (Wildman–Crippen LogP) is -6.31. The number of ether oxygens (including phenoxy) is 2. The molecule has 0 spiro atoms. The first-order chi connectivity index (χ1) is 15.1. The van der Waals surface area contributed by atoms with Gasteiger partial charge < -0.3 is 41.5 Å². The van der Waals surface area contributed by atoms with E-state index in [0.29, 0.717) is 6.08 Å². The Kier molecular flexibility index (Phi) is 14.3. The van der Waals surface area contributed by atoms with Crippen LogP contribution in [0.5, 0.6) is 11.5 Å². The molecule has 0 aliphatic heterocycles. The number of carbonyl (C=O) groups is 4. The first-order valence-electron chi connectivity index (χ1n) is 8.67. The Bertz CT molecular complexity index is 861. The summed E-state index contributed by atoms with van der Waals surface area (Å²) in [5, 5.41) is 53.7. The van der Waals surface area contributed by atoms with Crippen LogP contribution < -0.4 is 39.0 Å². The largest absolute Gasteiger partial charge is 1.00 e. The quantitative estimate of drug-likeness (QED) is 0.0454. The van der Waals surface area contributed by atoms with Crippen molar-refractivity contribution in [3.8, 4) is 11.5 Å². The second-order valence-electron chi connectivity index (χ2n) is 5.78. The van der Waals surface area contributed by atoms with Crippen molar-refractivity contribution < 1.29 is 100 Å². The molecule has 0 amide bonds. The first-order valence-corrected chi connectivity index (χ1v) is 8.67. The van der Waals surface area contributed by atoms with Crippen LogP contribution in [0.4, 0.5) is 0 Å². The minimum Gasteiger partial charge on any atom is -1.00 e. The zero-order chi connectivity index (χ0) is 24.3. The summed E-state index contributed by atoms with van der Waals surface area (Å²) in [6.07, 6.45) is -3.96. The molecular weight excluding hydrogens is 463 g/mol. The Morgan fingerprint density at radius 1 is 0.818 bits per heavy atom. The van der Waals surface area contributed by atoms with Gasteiger partial charge in [0.25, 0.3) is 0 Å². The molecule has 1 rings (SSSR count). The van der Waals surface area contributed by atoms with Gasteiger partial charge in [-0.3, -0.25) is 0 Å². The van der Waals surface area contributed by atoms with Crippen LogP contribution in [0.3, 0.4) is 0 Å². The van der Waals surface area contributed by atoms with Gasteiger partial charge >= 0.3 is 53.4 Å². The maximum atomic E-state index is 11.8. The Balaban J connectivity index is 0. The van der Waals surface area contributed by atoms with E-state index in [4.69, 9.17) is 29.9 Å². The third-order valence-corrected chi connectivity index (χ3v) is 3.35. The van der Waals surface area contributed by atoms with Crippen molar-refractivity contribution >= 4 is 30.0 Å². The minimum absolute atomic E-state index is 0. The molecule has 0 aliphatic rings. The Morgan fingerprint density at radius 3 is 1.88 bits per heavy atom. The second-order valence-corrected chi connectivity index (χ2v) is 5.78. The van der Waals surface area contributed by atoms with E-state index in [-0.39, 0.29) is 48.0 Å². The first kappa shape index (κ1) is 30.6. The molecule has 0 aliphatic carbocycles. The van der Waals surface area contributed by atoms with E-state index >= 15 is 0 Å². The van der Waals surface area contributed by atoms with E-state index in [1.165, 1.54) is 6.07 Å². The van der Waals surface area contributed by atoms with Crippen molar-refractivity contribution in [3.05, 3.63) is 29.8 Å². The van der Waals surface area contributed by atoms with Crippen LogP contribution in [-0.2, 0) is 29.0 Å². The minimum atomic E-state index is -1.92. The molecule has 14 nitrogen and oxygen atoms in total. The van der Waals surface area contributed by atoms with Gasteiger partial charge in [0, 0.05) is 17.7 Å². The van der Waals surface area contributed by atoms with Crippen molar-refractivity contribution in [1.82, 2.24) is 0 Å². The summed E-state index contributed by atoms with van der Waals surface area (Å²) in [7, 11) is 0. The molecule has 0 bridgehead atoms. The van der Waals surface area contributed by atoms with Crippen LogP contribution in [0, 0.1) is 0 Å². The van der Waals surface area contributed by atoms with Gasteiger partial charge in [-0.2, -0.15) is 0 Å². The topological polar surface area (TPSA) is 227 Å². The Morgan fingerprint density at radius 2 is 1.33 bits per heavy atom. The molecule has 0 aromatic heterocycles. The molecule has 15 heteroatoms. The standard InChI is InChI=1S/C18H20O14.Na.H/c19-6-11(22)16(26)29-10-3-1-9(14(5-10)30-17(27)12(23)7-20)2-4-15(25)31-32-18(28)13(24)8-21;;/h1-5,11-13,19-24H,6-8H2;;/q;+1;-1. The molecule has 3 atom stereocenters. The molecule has 1 aromatic carbocycles. The fourth-order valence-corrected chi connectivity index (χ4v) is 1.71. The van der Waals surface area contributed by atoms with Gasteiger partial charge in [0.1, 0.15) is 11.5 Å². The zero-order valence-corrected chi connectivity index (χ0v) is 19.2. The van der Waals surface area contributed by atoms with E-state index in [1.54, 1.807) is 0 Å². The Labute approximate surface area is 209 Å². The molecule has 178 valence electrons. The third-order valence-electron chi connectivity index (χ3n) is 3.35. The van der Waals surface area contributed by atoms with Gasteiger partial charge in [-0.05, 0) is 18.2 Å². The van der Waals surface area contributed by atoms with Gasteiger partial charge in [-0.1, -0.05) is 0 Å². The molecule has 6 N–H and O–H groups in total. The smallest absolute Gasteiger partial charge is 1.00 e. The molecule has 0 heterocycles. The van der Waals surface area contributed by atoms with Gasteiger partial charge in [0.15, 0.2) is 18.3 Å². The predicted molar refractivity (Wildman–Crippen MR) is 99.3 cm³/mol. The average Bonchev–Trinajstić information content (AvgIpc) is 2.79. The number of rotatable bonds is 10. The SMILES string of the molecule is O=C(C=Cc1ccc(OC(=O)C(O)CO)cc1OC(=O)C(O)CO)OOC(=O)C(O)CO.[H-].[Na+]. The maximum absolute atomic E-state index is 11.8. The van der Waals surface area contributed by atoms with Crippen molar-refractivity contribution in [2.24, 2.45) is 0 Å². The second kappa shape index (κ2) is 15.4. The maximum Gasteiger partial charge on any atom is 1.00 e. The zero-order valence-electron chi connectivity index (χ0n) is 18.2. The number of aliphatic hydroxyl groups excluding tert-OH is 6. The summed E-state index contributed by atoms with van der Waals surface area (Å²) in [5.74, 6) is -5.83. The summed E-state index contributed by atoms with van der Waals surface area (Å²) >= 11 is 0. The van der Waals surface area contributed by atoms with Crippen LogP contribution in [0.2, 0.25) is 0 Å². The summed E-state index contributed by atoms with van der Waals surface area (Å²) in [4.78, 5) is 54.1. The molecule has 0 fully saturated rings. The van der Waals surface area contributed by atoms with E-state index in [9.17, 15) is 29.4 Å². The number of hydrogen-bond acceptors (Lipinski definition) is 14. The Hall–Kier alpha value is -2.40. The van der Waals surface area contributed by atoms with Crippen LogP contribution in [0.25, 0.3) is 6.08 Å². The van der Waals surface area contributed by atoms with Gasteiger partial charge in [0.2, 0.25) is 0 Å². The number of benzene rings is 1. The van der Waals surface area contributed by atoms with E-state index in [1.807, 2.05) is 0 Å². The van der Waals surface area contributed by atoms with E-state index < -0.39 is 62.0 Å². The molecule has 0 saturated heterocycles. The van der Waals surface area contributed by atoms with Crippen LogP contribution in [-0.4, -0.2) is 92.6 Å². The number of esters is 2. The van der Waals surface area contributed by atoms with E-state index in [0.717, 1.165) is 18.2 Å². The monoisotopic (exact) mass is 484 g/mol. The summed E-state index contributed by atoms with van der Waals surface area (Å²) in [5.41, 5.74) is -0.0235. The van der Waals surface area contributed by atoms with Gasteiger partial charge in [-0.15, -0.1) is 0 Å². The number of carbonyl (C=O) groups excluding carboxylic acids is 4. The summed E-state index contributed by atoms with van der Waals surface area (Å²) in [6.45, 7) is -2.84. The van der Waals surface area contributed by atoms with E-state index in [2.05, 4.69) is 9.78 Å².